The van der Waals surface area contributed by atoms with E-state index in [4.69, 9.17) is 10.5 Å². The summed E-state index contributed by atoms with van der Waals surface area (Å²) in [6.45, 7) is 4.33. The molecule has 2 aliphatic heterocycles. The van der Waals surface area contributed by atoms with Crippen molar-refractivity contribution in [3.63, 3.8) is 0 Å². The molecule has 3 rings (SSSR count). The second kappa shape index (κ2) is 5.38. The van der Waals surface area contributed by atoms with E-state index >= 15 is 0 Å². The van der Waals surface area contributed by atoms with Crippen LogP contribution in [0.2, 0.25) is 0 Å². The smallest absolute Gasteiger partial charge is 0.240 e. The zero-order valence-corrected chi connectivity index (χ0v) is 11.6. The van der Waals surface area contributed by atoms with Crippen LogP contribution in [-0.4, -0.2) is 55.2 Å². The summed E-state index contributed by atoms with van der Waals surface area (Å²) in [5, 5.41) is 3.07. The first-order valence-corrected chi connectivity index (χ1v) is 7.56. The lowest BCUT2D eigenvalue weighted by atomic mass is 9.90. The summed E-state index contributed by atoms with van der Waals surface area (Å²) in [5.74, 6) is 0.619. The highest BCUT2D eigenvalue weighted by Gasteiger charge is 2.37. The molecule has 0 spiro atoms. The molecule has 1 saturated carbocycles. The van der Waals surface area contributed by atoms with Crippen molar-refractivity contribution in [1.29, 1.82) is 0 Å². The minimum Gasteiger partial charge on any atom is -0.381 e. The zero-order chi connectivity index (χ0) is 13.3. The van der Waals surface area contributed by atoms with Gasteiger partial charge in [-0.2, -0.15) is 0 Å². The molecule has 1 aliphatic carbocycles. The van der Waals surface area contributed by atoms with E-state index in [0.29, 0.717) is 32.0 Å². The van der Waals surface area contributed by atoms with Crippen molar-refractivity contribution in [1.82, 2.24) is 10.2 Å². The Balaban J connectivity index is 1.42. The Bertz CT molecular complexity index is 338. The van der Waals surface area contributed by atoms with Crippen LogP contribution >= 0.6 is 0 Å². The molecule has 1 atom stereocenters. The van der Waals surface area contributed by atoms with Crippen LogP contribution in [-0.2, 0) is 9.53 Å². The SMILES string of the molecule is NC1(C(=O)NCC2CCN(C3CC3)C2)CCOCC1. The molecule has 19 heavy (non-hydrogen) atoms. The Labute approximate surface area is 114 Å². The largest absolute Gasteiger partial charge is 0.381 e. The number of nitrogens with two attached hydrogens (primary N) is 1. The van der Waals surface area contributed by atoms with E-state index in [1.54, 1.807) is 0 Å². The Morgan fingerprint density at radius 3 is 2.74 bits per heavy atom. The highest BCUT2D eigenvalue weighted by atomic mass is 16.5. The van der Waals surface area contributed by atoms with E-state index in [1.807, 2.05) is 0 Å². The number of carbonyl (C=O) groups excluding carboxylic acids is 1. The summed E-state index contributed by atoms with van der Waals surface area (Å²) in [6, 6.07) is 0.844. The average Bonchev–Trinajstić information content (AvgIpc) is 3.16. The summed E-state index contributed by atoms with van der Waals surface area (Å²) in [6.07, 6.45) is 5.21. The minimum atomic E-state index is -0.701. The first kappa shape index (κ1) is 13.3. The Hall–Kier alpha value is -0.650. The van der Waals surface area contributed by atoms with Crippen LogP contribution in [0.25, 0.3) is 0 Å². The molecule has 3 aliphatic rings. The molecule has 3 N–H and O–H groups in total. The Kier molecular flexibility index (Phi) is 3.78. The number of nitrogens with one attached hydrogen (secondary N) is 1. The van der Waals surface area contributed by atoms with Crippen molar-refractivity contribution in [2.24, 2.45) is 11.7 Å². The molecule has 0 radical (unpaired) electrons. The van der Waals surface area contributed by atoms with Crippen LogP contribution in [0.1, 0.15) is 32.1 Å². The van der Waals surface area contributed by atoms with E-state index in [0.717, 1.165) is 19.1 Å². The van der Waals surface area contributed by atoms with Crippen molar-refractivity contribution < 1.29 is 9.53 Å². The molecule has 0 aromatic carbocycles. The first-order valence-electron chi connectivity index (χ1n) is 7.56. The van der Waals surface area contributed by atoms with Gasteiger partial charge < -0.3 is 20.7 Å². The number of carbonyl (C=O) groups is 1. The fourth-order valence-corrected chi connectivity index (χ4v) is 3.18. The second-order valence-corrected chi connectivity index (χ2v) is 6.36. The van der Waals surface area contributed by atoms with E-state index in [9.17, 15) is 4.79 Å². The van der Waals surface area contributed by atoms with Crippen molar-refractivity contribution in [2.75, 3.05) is 32.8 Å². The molecule has 1 amide bonds. The third-order valence-electron chi connectivity index (χ3n) is 4.77. The molecule has 0 bridgehead atoms. The van der Waals surface area contributed by atoms with Gasteiger partial charge >= 0.3 is 0 Å². The molecule has 3 fully saturated rings. The number of nitrogens with zero attached hydrogens (tertiary/aromatic N) is 1. The maximum atomic E-state index is 12.2. The Morgan fingerprint density at radius 1 is 1.32 bits per heavy atom. The molecular weight excluding hydrogens is 242 g/mol. The van der Waals surface area contributed by atoms with Gasteiger partial charge in [-0.3, -0.25) is 4.79 Å². The number of rotatable bonds is 4. The van der Waals surface area contributed by atoms with Gasteiger partial charge in [0.25, 0.3) is 0 Å². The molecule has 5 heteroatoms. The van der Waals surface area contributed by atoms with Gasteiger partial charge in [0.1, 0.15) is 0 Å². The lowest BCUT2D eigenvalue weighted by molar-refractivity contribution is -0.129. The van der Waals surface area contributed by atoms with Crippen molar-refractivity contribution >= 4 is 5.91 Å². The van der Waals surface area contributed by atoms with E-state index < -0.39 is 5.54 Å². The van der Waals surface area contributed by atoms with Crippen molar-refractivity contribution in [3.05, 3.63) is 0 Å². The summed E-state index contributed by atoms with van der Waals surface area (Å²) in [7, 11) is 0. The van der Waals surface area contributed by atoms with E-state index in [2.05, 4.69) is 10.2 Å². The topological polar surface area (TPSA) is 67.6 Å². The average molecular weight is 267 g/mol. The number of hydrogen-bond acceptors (Lipinski definition) is 4. The molecule has 0 aromatic heterocycles. The van der Waals surface area contributed by atoms with Gasteiger partial charge in [0, 0.05) is 32.3 Å². The molecule has 5 nitrogen and oxygen atoms in total. The predicted molar refractivity (Wildman–Crippen MR) is 72.7 cm³/mol. The van der Waals surface area contributed by atoms with Gasteiger partial charge in [-0.05, 0) is 44.6 Å². The van der Waals surface area contributed by atoms with Crippen LogP contribution < -0.4 is 11.1 Å². The number of hydrogen-bond donors (Lipinski definition) is 2. The normalized spacial score (nSPS) is 31.3. The summed E-state index contributed by atoms with van der Waals surface area (Å²) in [4.78, 5) is 14.8. The van der Waals surface area contributed by atoms with Gasteiger partial charge in [-0.1, -0.05) is 0 Å². The summed E-state index contributed by atoms with van der Waals surface area (Å²) < 4.78 is 5.27. The van der Waals surface area contributed by atoms with Crippen LogP contribution in [0.3, 0.4) is 0 Å². The molecular formula is C14H25N3O2. The van der Waals surface area contributed by atoms with Crippen LogP contribution in [0, 0.1) is 5.92 Å². The first-order chi connectivity index (χ1) is 9.17. The fraction of sp³-hybridized carbons (Fsp3) is 0.929. The van der Waals surface area contributed by atoms with Gasteiger partial charge in [0.05, 0.1) is 5.54 Å². The van der Waals surface area contributed by atoms with Gasteiger partial charge in [0.2, 0.25) is 5.91 Å². The maximum absolute atomic E-state index is 12.2. The maximum Gasteiger partial charge on any atom is 0.240 e. The summed E-state index contributed by atoms with van der Waals surface area (Å²) in [5.41, 5.74) is 5.47. The molecule has 108 valence electrons. The standard InChI is InChI=1S/C14H25N3O2/c15-14(4-7-19-8-5-14)13(18)16-9-11-3-6-17(10-11)12-1-2-12/h11-12H,1-10,15H2,(H,16,18). The Morgan fingerprint density at radius 2 is 2.05 bits per heavy atom. The predicted octanol–water partition coefficient (Wildman–Crippen LogP) is 0.0948. The zero-order valence-electron chi connectivity index (χ0n) is 11.6. The quantitative estimate of drug-likeness (QED) is 0.758. The molecule has 2 saturated heterocycles. The molecule has 0 aromatic rings. The molecule has 2 heterocycles. The van der Waals surface area contributed by atoms with Crippen molar-refractivity contribution in [2.45, 2.75) is 43.7 Å². The highest BCUT2D eigenvalue weighted by molar-refractivity contribution is 5.86. The van der Waals surface area contributed by atoms with Gasteiger partial charge in [0.15, 0.2) is 0 Å². The minimum absolute atomic E-state index is 0.0145. The summed E-state index contributed by atoms with van der Waals surface area (Å²) >= 11 is 0. The fourth-order valence-electron chi connectivity index (χ4n) is 3.18. The number of ether oxygens (including phenoxy) is 1. The third kappa shape index (κ3) is 3.09. The number of amides is 1. The van der Waals surface area contributed by atoms with Gasteiger partial charge in [-0.15, -0.1) is 0 Å². The lowest BCUT2D eigenvalue weighted by Gasteiger charge is -2.32. The van der Waals surface area contributed by atoms with Crippen LogP contribution in [0.15, 0.2) is 0 Å². The number of likely N-dealkylation sites (tertiary alicyclic amines) is 1. The molecule has 1 unspecified atom stereocenters. The van der Waals surface area contributed by atoms with Crippen LogP contribution in [0.4, 0.5) is 0 Å². The van der Waals surface area contributed by atoms with E-state index in [-0.39, 0.29) is 5.91 Å². The van der Waals surface area contributed by atoms with Crippen LogP contribution in [0.5, 0.6) is 0 Å². The van der Waals surface area contributed by atoms with Gasteiger partial charge in [-0.25, -0.2) is 0 Å². The second-order valence-electron chi connectivity index (χ2n) is 6.36. The highest BCUT2D eigenvalue weighted by Crippen LogP contribution is 2.31. The lowest BCUT2D eigenvalue weighted by Crippen LogP contribution is -2.57. The monoisotopic (exact) mass is 267 g/mol. The third-order valence-corrected chi connectivity index (χ3v) is 4.77. The van der Waals surface area contributed by atoms with Crippen molar-refractivity contribution in [3.8, 4) is 0 Å². The van der Waals surface area contributed by atoms with E-state index in [1.165, 1.54) is 25.8 Å².